The molecule has 6 heteroatoms. The summed E-state index contributed by atoms with van der Waals surface area (Å²) in [4.78, 5) is 24.6. The second kappa shape index (κ2) is 8.74. The lowest BCUT2D eigenvalue weighted by Crippen LogP contribution is -2.38. The largest absolute Gasteiger partial charge is 0.469 e. The monoisotopic (exact) mass is 274 g/mol. The number of amides is 1. The number of nitrogens with two attached hydrogens (primary N) is 1. The van der Waals surface area contributed by atoms with E-state index in [2.05, 4.69) is 4.74 Å². The SMILES string of the molecule is COC(=O)CCN(CCCCN)C(=O)OC(C)(C)C. The Bertz CT molecular complexity index is 287. The number of esters is 1. The quantitative estimate of drug-likeness (QED) is 0.562. The highest BCUT2D eigenvalue weighted by atomic mass is 16.6. The van der Waals surface area contributed by atoms with E-state index in [1.54, 1.807) is 0 Å². The Kier molecular flexibility index (Phi) is 8.14. The maximum absolute atomic E-state index is 12.0. The minimum Gasteiger partial charge on any atom is -0.469 e. The Balaban J connectivity index is 4.38. The summed E-state index contributed by atoms with van der Waals surface area (Å²) in [6.45, 7) is 6.84. The molecule has 0 fully saturated rings. The average molecular weight is 274 g/mol. The van der Waals surface area contributed by atoms with Crippen molar-refractivity contribution in [2.24, 2.45) is 5.73 Å². The second-order valence-corrected chi connectivity index (χ2v) is 5.29. The zero-order chi connectivity index (χ0) is 14.9. The minimum atomic E-state index is -0.547. The van der Waals surface area contributed by atoms with Gasteiger partial charge in [0.15, 0.2) is 0 Å². The molecular weight excluding hydrogens is 248 g/mol. The van der Waals surface area contributed by atoms with Gasteiger partial charge in [-0.25, -0.2) is 4.79 Å². The van der Waals surface area contributed by atoms with E-state index in [0.717, 1.165) is 12.8 Å². The number of carbonyl (C=O) groups excluding carboxylic acids is 2. The maximum Gasteiger partial charge on any atom is 0.410 e. The fourth-order valence-electron chi connectivity index (χ4n) is 1.40. The molecule has 0 heterocycles. The van der Waals surface area contributed by atoms with E-state index in [4.69, 9.17) is 10.5 Å². The Morgan fingerprint density at radius 3 is 2.26 bits per heavy atom. The van der Waals surface area contributed by atoms with Crippen LogP contribution in [0.1, 0.15) is 40.0 Å². The summed E-state index contributed by atoms with van der Waals surface area (Å²) >= 11 is 0. The summed E-state index contributed by atoms with van der Waals surface area (Å²) in [5, 5.41) is 0. The van der Waals surface area contributed by atoms with Crippen LogP contribution in [0.15, 0.2) is 0 Å². The molecule has 0 spiro atoms. The summed E-state index contributed by atoms with van der Waals surface area (Å²) < 4.78 is 9.87. The molecule has 0 aromatic heterocycles. The van der Waals surface area contributed by atoms with Crippen LogP contribution in [0.4, 0.5) is 4.79 Å². The number of nitrogens with zero attached hydrogens (tertiary/aromatic N) is 1. The van der Waals surface area contributed by atoms with Gasteiger partial charge in [0.05, 0.1) is 13.5 Å². The fourth-order valence-corrected chi connectivity index (χ4v) is 1.40. The van der Waals surface area contributed by atoms with Crippen LogP contribution in [0.3, 0.4) is 0 Å². The number of rotatable bonds is 7. The summed E-state index contributed by atoms with van der Waals surface area (Å²) in [6.07, 6.45) is 1.38. The van der Waals surface area contributed by atoms with Gasteiger partial charge in [0.2, 0.25) is 0 Å². The number of carbonyl (C=O) groups is 2. The number of unbranched alkanes of at least 4 members (excludes halogenated alkanes) is 1. The second-order valence-electron chi connectivity index (χ2n) is 5.29. The molecule has 0 rings (SSSR count). The summed E-state index contributed by atoms with van der Waals surface area (Å²) in [5.74, 6) is -0.340. The standard InChI is InChI=1S/C13H26N2O4/c1-13(2,3)19-12(17)15(9-6-5-8-14)10-7-11(16)18-4/h5-10,14H2,1-4H3. The number of hydrogen-bond donors (Lipinski definition) is 1. The van der Waals surface area contributed by atoms with Gasteiger partial charge < -0.3 is 20.1 Å². The zero-order valence-electron chi connectivity index (χ0n) is 12.4. The molecule has 0 atom stereocenters. The summed E-state index contributed by atoms with van der Waals surface area (Å²) in [7, 11) is 1.33. The molecule has 0 aliphatic heterocycles. The molecule has 0 bridgehead atoms. The maximum atomic E-state index is 12.0. The van der Waals surface area contributed by atoms with Crippen LogP contribution in [0.25, 0.3) is 0 Å². The van der Waals surface area contributed by atoms with Crippen LogP contribution in [0, 0.1) is 0 Å². The summed E-state index contributed by atoms with van der Waals surface area (Å²) in [6, 6.07) is 0. The van der Waals surface area contributed by atoms with Crippen molar-refractivity contribution in [2.45, 2.75) is 45.6 Å². The van der Waals surface area contributed by atoms with E-state index in [9.17, 15) is 9.59 Å². The number of ether oxygens (including phenoxy) is 2. The van der Waals surface area contributed by atoms with Crippen molar-refractivity contribution in [1.29, 1.82) is 0 Å². The zero-order valence-corrected chi connectivity index (χ0v) is 12.4. The first-order chi connectivity index (χ1) is 8.80. The van der Waals surface area contributed by atoms with Crippen LogP contribution >= 0.6 is 0 Å². The number of hydrogen-bond acceptors (Lipinski definition) is 5. The molecular formula is C13H26N2O4. The highest BCUT2D eigenvalue weighted by Gasteiger charge is 2.22. The van der Waals surface area contributed by atoms with E-state index >= 15 is 0 Å². The van der Waals surface area contributed by atoms with Crippen LogP contribution in [-0.4, -0.2) is 49.3 Å². The molecule has 19 heavy (non-hydrogen) atoms. The van der Waals surface area contributed by atoms with Gasteiger partial charge in [-0.05, 0) is 40.2 Å². The van der Waals surface area contributed by atoms with Crippen molar-refractivity contribution in [3.8, 4) is 0 Å². The van der Waals surface area contributed by atoms with Crippen molar-refractivity contribution in [3.63, 3.8) is 0 Å². The van der Waals surface area contributed by atoms with Gasteiger partial charge in [-0.3, -0.25) is 4.79 Å². The van der Waals surface area contributed by atoms with E-state index in [-0.39, 0.29) is 12.4 Å². The van der Waals surface area contributed by atoms with E-state index in [1.807, 2.05) is 20.8 Å². The van der Waals surface area contributed by atoms with Gasteiger partial charge in [0.25, 0.3) is 0 Å². The van der Waals surface area contributed by atoms with Gasteiger partial charge in [0, 0.05) is 13.1 Å². The molecule has 0 aliphatic carbocycles. The van der Waals surface area contributed by atoms with Gasteiger partial charge in [-0.1, -0.05) is 0 Å². The molecule has 0 saturated heterocycles. The molecule has 0 radical (unpaired) electrons. The lowest BCUT2D eigenvalue weighted by Gasteiger charge is -2.27. The molecule has 1 amide bonds. The predicted octanol–water partition coefficient (Wildman–Crippen LogP) is 1.53. The molecule has 0 aromatic rings. The lowest BCUT2D eigenvalue weighted by molar-refractivity contribution is -0.140. The average Bonchev–Trinajstić information content (AvgIpc) is 2.30. The third-order valence-corrected chi connectivity index (χ3v) is 2.35. The van der Waals surface area contributed by atoms with Crippen molar-refractivity contribution in [2.75, 3.05) is 26.7 Å². The van der Waals surface area contributed by atoms with Crippen molar-refractivity contribution < 1.29 is 19.1 Å². The Hall–Kier alpha value is -1.30. The Labute approximate surface area is 115 Å². The van der Waals surface area contributed by atoms with Gasteiger partial charge in [-0.15, -0.1) is 0 Å². The first-order valence-corrected chi connectivity index (χ1v) is 6.55. The predicted molar refractivity (Wildman–Crippen MR) is 72.7 cm³/mol. The molecule has 6 nitrogen and oxygen atoms in total. The third kappa shape index (κ3) is 9.30. The van der Waals surface area contributed by atoms with Crippen LogP contribution in [-0.2, 0) is 14.3 Å². The molecule has 0 unspecified atom stereocenters. The van der Waals surface area contributed by atoms with Gasteiger partial charge in [-0.2, -0.15) is 0 Å². The molecule has 0 saturated carbocycles. The highest BCUT2D eigenvalue weighted by Crippen LogP contribution is 2.11. The van der Waals surface area contributed by atoms with Crippen LogP contribution < -0.4 is 5.73 Å². The Morgan fingerprint density at radius 1 is 1.16 bits per heavy atom. The number of methoxy groups -OCH3 is 1. The van der Waals surface area contributed by atoms with Crippen LogP contribution in [0.2, 0.25) is 0 Å². The Morgan fingerprint density at radius 2 is 1.79 bits per heavy atom. The topological polar surface area (TPSA) is 81.9 Å². The minimum absolute atomic E-state index is 0.165. The van der Waals surface area contributed by atoms with Crippen molar-refractivity contribution in [1.82, 2.24) is 4.90 Å². The van der Waals surface area contributed by atoms with Gasteiger partial charge in [0.1, 0.15) is 5.60 Å². The third-order valence-electron chi connectivity index (χ3n) is 2.35. The molecule has 0 aliphatic rings. The molecule has 112 valence electrons. The van der Waals surface area contributed by atoms with Crippen molar-refractivity contribution in [3.05, 3.63) is 0 Å². The molecule has 0 aromatic carbocycles. The first-order valence-electron chi connectivity index (χ1n) is 6.55. The highest BCUT2D eigenvalue weighted by molar-refractivity contribution is 5.72. The van der Waals surface area contributed by atoms with E-state index < -0.39 is 11.7 Å². The van der Waals surface area contributed by atoms with E-state index in [0.29, 0.717) is 19.6 Å². The smallest absolute Gasteiger partial charge is 0.410 e. The summed E-state index contributed by atoms with van der Waals surface area (Å²) in [5.41, 5.74) is 4.88. The fraction of sp³-hybridized carbons (Fsp3) is 0.846. The van der Waals surface area contributed by atoms with Crippen molar-refractivity contribution >= 4 is 12.1 Å². The molecule has 2 N–H and O–H groups in total. The van der Waals surface area contributed by atoms with Gasteiger partial charge >= 0.3 is 12.1 Å². The first kappa shape index (κ1) is 17.7. The normalized spacial score (nSPS) is 11.0. The van der Waals surface area contributed by atoms with Crippen LogP contribution in [0.5, 0.6) is 0 Å². The van der Waals surface area contributed by atoms with E-state index in [1.165, 1.54) is 12.0 Å². The lowest BCUT2D eigenvalue weighted by atomic mass is 10.2.